The van der Waals surface area contributed by atoms with Gasteiger partial charge in [0.2, 0.25) is 5.91 Å². The Bertz CT molecular complexity index is 387. The van der Waals surface area contributed by atoms with E-state index in [1.807, 2.05) is 25.9 Å². The lowest BCUT2D eigenvalue weighted by molar-refractivity contribution is -0.139. The van der Waals surface area contributed by atoms with Crippen LogP contribution in [0.5, 0.6) is 0 Å². The van der Waals surface area contributed by atoms with Gasteiger partial charge < -0.3 is 15.0 Å². The van der Waals surface area contributed by atoms with Crippen LogP contribution in [0.4, 0.5) is 0 Å². The standard InChI is InChI=1S/C16H28N2O3/c1-6-7-9-14(12-17-15(19)13(2)3)16(20)21-11-8-10-18(4)5/h12H,2,6-11H2,1,3-5H3,(H,17,19). The van der Waals surface area contributed by atoms with E-state index in [1.54, 1.807) is 6.92 Å². The molecule has 0 radical (unpaired) electrons. The third kappa shape index (κ3) is 9.85. The van der Waals surface area contributed by atoms with Crippen LogP contribution in [0.25, 0.3) is 0 Å². The van der Waals surface area contributed by atoms with Crippen LogP contribution in [0.15, 0.2) is 23.9 Å². The van der Waals surface area contributed by atoms with E-state index in [0.717, 1.165) is 25.8 Å². The number of carbonyl (C=O) groups is 2. The summed E-state index contributed by atoms with van der Waals surface area (Å²) in [6, 6.07) is 0. The molecular formula is C16H28N2O3. The highest BCUT2D eigenvalue weighted by Gasteiger charge is 2.11. The number of nitrogens with one attached hydrogen (secondary N) is 1. The Kier molecular flexibility index (Phi) is 10.2. The van der Waals surface area contributed by atoms with Crippen molar-refractivity contribution in [3.05, 3.63) is 23.9 Å². The third-order valence-electron chi connectivity index (χ3n) is 2.81. The molecule has 0 aromatic carbocycles. The number of ether oxygens (including phenoxy) is 1. The fourth-order valence-corrected chi connectivity index (χ4v) is 1.51. The molecule has 0 bridgehead atoms. The second kappa shape index (κ2) is 11.1. The van der Waals surface area contributed by atoms with Crippen LogP contribution in [-0.2, 0) is 14.3 Å². The van der Waals surface area contributed by atoms with Gasteiger partial charge in [-0.3, -0.25) is 4.79 Å². The predicted octanol–water partition coefficient (Wildman–Crippen LogP) is 2.25. The molecule has 0 aliphatic carbocycles. The van der Waals surface area contributed by atoms with Crippen molar-refractivity contribution in [3.8, 4) is 0 Å². The quantitative estimate of drug-likeness (QED) is 0.381. The monoisotopic (exact) mass is 296 g/mol. The van der Waals surface area contributed by atoms with Gasteiger partial charge >= 0.3 is 5.97 Å². The van der Waals surface area contributed by atoms with Crippen LogP contribution in [0.3, 0.4) is 0 Å². The molecule has 0 fully saturated rings. The van der Waals surface area contributed by atoms with Crippen molar-refractivity contribution >= 4 is 11.9 Å². The predicted molar refractivity (Wildman–Crippen MR) is 84.7 cm³/mol. The summed E-state index contributed by atoms with van der Waals surface area (Å²) in [6.07, 6.45) is 4.68. The Balaban J connectivity index is 4.44. The van der Waals surface area contributed by atoms with Crippen molar-refractivity contribution in [2.75, 3.05) is 27.2 Å². The lowest BCUT2D eigenvalue weighted by Crippen LogP contribution is -2.21. The van der Waals surface area contributed by atoms with Gasteiger partial charge in [0, 0.05) is 18.3 Å². The number of nitrogens with zero attached hydrogens (tertiary/aromatic N) is 1. The molecule has 0 spiro atoms. The normalized spacial score (nSPS) is 11.4. The summed E-state index contributed by atoms with van der Waals surface area (Å²) in [5, 5.41) is 2.57. The number of amides is 1. The molecular weight excluding hydrogens is 268 g/mol. The van der Waals surface area contributed by atoms with Gasteiger partial charge in [-0.05, 0) is 40.3 Å². The minimum atomic E-state index is -0.357. The van der Waals surface area contributed by atoms with Crippen LogP contribution in [0.1, 0.15) is 39.5 Å². The summed E-state index contributed by atoms with van der Waals surface area (Å²) < 4.78 is 5.24. The molecule has 1 amide bonds. The molecule has 5 heteroatoms. The molecule has 0 heterocycles. The minimum absolute atomic E-state index is 0.288. The molecule has 0 aromatic heterocycles. The zero-order chi connectivity index (χ0) is 16.3. The molecule has 5 nitrogen and oxygen atoms in total. The Morgan fingerprint density at radius 1 is 1.29 bits per heavy atom. The van der Waals surface area contributed by atoms with E-state index < -0.39 is 0 Å². The first-order chi connectivity index (χ1) is 9.88. The lowest BCUT2D eigenvalue weighted by atomic mass is 10.1. The molecule has 21 heavy (non-hydrogen) atoms. The zero-order valence-corrected chi connectivity index (χ0v) is 13.7. The van der Waals surface area contributed by atoms with Crippen LogP contribution in [0, 0.1) is 0 Å². The molecule has 0 aliphatic heterocycles. The first kappa shape index (κ1) is 19.4. The summed E-state index contributed by atoms with van der Waals surface area (Å²) in [7, 11) is 3.95. The van der Waals surface area contributed by atoms with Crippen molar-refractivity contribution in [1.82, 2.24) is 10.2 Å². The largest absolute Gasteiger partial charge is 0.462 e. The zero-order valence-electron chi connectivity index (χ0n) is 13.7. The molecule has 0 aliphatic rings. The number of carbonyl (C=O) groups excluding carboxylic acids is 2. The Labute approximate surface area is 128 Å². The second-order valence-corrected chi connectivity index (χ2v) is 5.32. The van der Waals surface area contributed by atoms with Gasteiger partial charge in [-0.15, -0.1) is 0 Å². The number of rotatable bonds is 10. The van der Waals surface area contributed by atoms with Crippen LogP contribution >= 0.6 is 0 Å². The maximum absolute atomic E-state index is 12.0. The van der Waals surface area contributed by atoms with E-state index in [1.165, 1.54) is 6.20 Å². The fourth-order valence-electron chi connectivity index (χ4n) is 1.51. The van der Waals surface area contributed by atoms with Gasteiger partial charge in [0.05, 0.1) is 12.2 Å². The van der Waals surface area contributed by atoms with E-state index in [0.29, 0.717) is 24.2 Å². The number of hydrogen-bond donors (Lipinski definition) is 1. The number of esters is 1. The molecule has 0 unspecified atom stereocenters. The van der Waals surface area contributed by atoms with E-state index in [2.05, 4.69) is 11.9 Å². The molecule has 0 saturated heterocycles. The molecule has 1 N–H and O–H groups in total. The summed E-state index contributed by atoms with van der Waals surface area (Å²) in [4.78, 5) is 25.5. The first-order valence-electron chi connectivity index (χ1n) is 7.35. The Morgan fingerprint density at radius 2 is 1.95 bits per heavy atom. The van der Waals surface area contributed by atoms with E-state index in [4.69, 9.17) is 4.74 Å². The average molecular weight is 296 g/mol. The van der Waals surface area contributed by atoms with Crippen molar-refractivity contribution in [3.63, 3.8) is 0 Å². The highest BCUT2D eigenvalue weighted by molar-refractivity contribution is 5.94. The molecule has 0 saturated carbocycles. The van der Waals surface area contributed by atoms with Crippen molar-refractivity contribution in [1.29, 1.82) is 0 Å². The van der Waals surface area contributed by atoms with E-state index in [-0.39, 0.29) is 11.9 Å². The summed E-state index contributed by atoms with van der Waals surface area (Å²) in [5.41, 5.74) is 0.900. The minimum Gasteiger partial charge on any atom is -0.462 e. The fraction of sp³-hybridized carbons (Fsp3) is 0.625. The topological polar surface area (TPSA) is 58.6 Å². The van der Waals surface area contributed by atoms with Gasteiger partial charge in [-0.25, -0.2) is 4.79 Å². The third-order valence-corrected chi connectivity index (χ3v) is 2.81. The number of unbranched alkanes of at least 4 members (excludes halogenated alkanes) is 1. The van der Waals surface area contributed by atoms with Gasteiger partial charge in [0.1, 0.15) is 0 Å². The second-order valence-electron chi connectivity index (χ2n) is 5.32. The maximum Gasteiger partial charge on any atom is 0.335 e. The van der Waals surface area contributed by atoms with Crippen molar-refractivity contribution in [2.24, 2.45) is 0 Å². The average Bonchev–Trinajstić information content (AvgIpc) is 2.42. The van der Waals surface area contributed by atoms with E-state index in [9.17, 15) is 9.59 Å². The lowest BCUT2D eigenvalue weighted by Gasteiger charge is -2.11. The van der Waals surface area contributed by atoms with Crippen LogP contribution in [-0.4, -0.2) is 44.0 Å². The van der Waals surface area contributed by atoms with E-state index >= 15 is 0 Å². The van der Waals surface area contributed by atoms with Crippen molar-refractivity contribution in [2.45, 2.75) is 39.5 Å². The molecule has 0 atom stereocenters. The SMILES string of the molecule is C=C(C)C(=O)NC=C(CCCC)C(=O)OCCCN(C)C. The maximum atomic E-state index is 12.0. The molecule has 0 rings (SSSR count). The smallest absolute Gasteiger partial charge is 0.335 e. The van der Waals surface area contributed by atoms with Gasteiger partial charge in [0.25, 0.3) is 0 Å². The first-order valence-corrected chi connectivity index (χ1v) is 7.35. The summed E-state index contributed by atoms with van der Waals surface area (Å²) in [6.45, 7) is 8.48. The van der Waals surface area contributed by atoms with Gasteiger partial charge in [-0.2, -0.15) is 0 Å². The Hall–Kier alpha value is -1.62. The number of hydrogen-bond acceptors (Lipinski definition) is 4. The highest BCUT2D eigenvalue weighted by Crippen LogP contribution is 2.09. The van der Waals surface area contributed by atoms with Crippen LogP contribution < -0.4 is 5.32 Å². The van der Waals surface area contributed by atoms with Gasteiger partial charge in [-0.1, -0.05) is 19.9 Å². The Morgan fingerprint density at radius 3 is 2.48 bits per heavy atom. The van der Waals surface area contributed by atoms with Crippen LogP contribution in [0.2, 0.25) is 0 Å². The van der Waals surface area contributed by atoms with Crippen molar-refractivity contribution < 1.29 is 14.3 Å². The molecule has 0 aromatic rings. The van der Waals surface area contributed by atoms with Gasteiger partial charge in [0.15, 0.2) is 0 Å². The summed E-state index contributed by atoms with van der Waals surface area (Å²) >= 11 is 0. The summed E-state index contributed by atoms with van der Waals surface area (Å²) in [5.74, 6) is -0.645. The highest BCUT2D eigenvalue weighted by atomic mass is 16.5. The molecule has 120 valence electrons.